The highest BCUT2D eigenvalue weighted by atomic mass is 16.5. The lowest BCUT2D eigenvalue weighted by Gasteiger charge is -2.16. The molecule has 2 heterocycles. The first-order valence-corrected chi connectivity index (χ1v) is 8.22. The first-order valence-electron chi connectivity index (χ1n) is 8.22. The van der Waals surface area contributed by atoms with Crippen molar-refractivity contribution in [3.05, 3.63) is 47.7 Å². The van der Waals surface area contributed by atoms with Gasteiger partial charge >= 0.3 is 0 Å². The lowest BCUT2D eigenvalue weighted by molar-refractivity contribution is 0.258. The van der Waals surface area contributed by atoms with Gasteiger partial charge in [-0.1, -0.05) is 23.4 Å². The molecule has 0 N–H and O–H groups in total. The van der Waals surface area contributed by atoms with Gasteiger partial charge in [-0.25, -0.2) is 0 Å². The monoisotopic (exact) mass is 327 g/mol. The Morgan fingerprint density at radius 3 is 2.71 bits per heavy atom. The molecule has 128 valence electrons. The van der Waals surface area contributed by atoms with Gasteiger partial charge < -0.3 is 14.0 Å². The Bertz CT molecular complexity index is 805. The Morgan fingerprint density at radius 2 is 1.92 bits per heavy atom. The fourth-order valence-corrected chi connectivity index (χ4v) is 2.93. The number of para-hydroxylation sites is 1. The zero-order chi connectivity index (χ0) is 17.1. The minimum Gasteiger partial charge on any atom is -0.344 e. The van der Waals surface area contributed by atoms with Crippen molar-refractivity contribution in [2.24, 2.45) is 0 Å². The van der Waals surface area contributed by atoms with E-state index in [1.165, 1.54) is 16.6 Å². The quantitative estimate of drug-likeness (QED) is 0.667. The summed E-state index contributed by atoms with van der Waals surface area (Å²) >= 11 is 0. The molecule has 0 saturated carbocycles. The van der Waals surface area contributed by atoms with Crippen LogP contribution in [0.2, 0.25) is 0 Å². The summed E-state index contributed by atoms with van der Waals surface area (Å²) in [5.41, 5.74) is 2.57. The van der Waals surface area contributed by atoms with E-state index >= 15 is 0 Å². The summed E-state index contributed by atoms with van der Waals surface area (Å²) in [5, 5.41) is 5.31. The molecular formula is C18H25N5O. The third-order valence-electron chi connectivity index (χ3n) is 4.10. The van der Waals surface area contributed by atoms with E-state index in [1.54, 1.807) is 0 Å². The van der Waals surface area contributed by atoms with Gasteiger partial charge in [-0.15, -0.1) is 0 Å². The van der Waals surface area contributed by atoms with Crippen molar-refractivity contribution in [3.63, 3.8) is 0 Å². The van der Waals surface area contributed by atoms with Gasteiger partial charge in [0.15, 0.2) is 5.82 Å². The van der Waals surface area contributed by atoms with Gasteiger partial charge in [-0.05, 0) is 45.6 Å². The molecule has 3 aromatic rings. The number of fused-ring (bicyclic) bond motifs is 1. The third-order valence-corrected chi connectivity index (χ3v) is 4.10. The van der Waals surface area contributed by atoms with Crippen molar-refractivity contribution in [1.82, 2.24) is 24.5 Å². The van der Waals surface area contributed by atoms with Crippen molar-refractivity contribution in [3.8, 4) is 0 Å². The molecule has 6 heteroatoms. The molecule has 0 radical (unpaired) electrons. The maximum Gasteiger partial charge on any atom is 0.240 e. The minimum atomic E-state index is 0.665. The maximum absolute atomic E-state index is 5.33. The number of benzene rings is 1. The number of nitrogens with zero attached hydrogens (tertiary/aromatic N) is 5. The minimum absolute atomic E-state index is 0.665. The number of likely N-dealkylation sites (N-methyl/N-ethyl adjacent to an activating group) is 1. The fraction of sp³-hybridized carbons (Fsp3) is 0.444. The second kappa shape index (κ2) is 7.15. The first kappa shape index (κ1) is 16.7. The molecule has 0 fully saturated rings. The van der Waals surface area contributed by atoms with Crippen LogP contribution < -0.4 is 0 Å². The van der Waals surface area contributed by atoms with Crippen molar-refractivity contribution < 1.29 is 4.52 Å². The summed E-state index contributed by atoms with van der Waals surface area (Å²) in [5.74, 6) is 1.40. The molecule has 24 heavy (non-hydrogen) atoms. The van der Waals surface area contributed by atoms with Gasteiger partial charge in [0.2, 0.25) is 5.89 Å². The highest BCUT2D eigenvalue weighted by molar-refractivity contribution is 5.81. The number of aromatic nitrogens is 3. The van der Waals surface area contributed by atoms with E-state index in [-0.39, 0.29) is 0 Å². The fourth-order valence-electron chi connectivity index (χ4n) is 2.93. The Morgan fingerprint density at radius 1 is 1.12 bits per heavy atom. The zero-order valence-electron chi connectivity index (χ0n) is 14.9. The van der Waals surface area contributed by atoms with E-state index in [0.717, 1.165) is 18.9 Å². The number of rotatable bonds is 7. The molecule has 0 aliphatic heterocycles. The van der Waals surface area contributed by atoms with Gasteiger partial charge in [0, 0.05) is 24.3 Å². The molecule has 1 aromatic carbocycles. The van der Waals surface area contributed by atoms with E-state index in [1.807, 2.05) is 19.0 Å². The van der Waals surface area contributed by atoms with Gasteiger partial charge in [0.05, 0.1) is 13.1 Å². The van der Waals surface area contributed by atoms with Crippen LogP contribution in [0.1, 0.15) is 17.4 Å². The molecule has 2 aromatic heterocycles. The van der Waals surface area contributed by atoms with Crippen LogP contribution in [0.15, 0.2) is 34.9 Å². The summed E-state index contributed by atoms with van der Waals surface area (Å²) in [6.07, 6.45) is 0. The van der Waals surface area contributed by atoms with E-state index in [0.29, 0.717) is 19.0 Å². The standard InChI is InChI=1S/C18H25N5O/c1-14-11-15-7-5-6-8-16(15)23(14)10-9-22(4)13-18-19-17(20-24-18)12-21(2)3/h5-8,11H,9-10,12-13H2,1-4H3. The maximum atomic E-state index is 5.33. The third kappa shape index (κ3) is 3.83. The largest absolute Gasteiger partial charge is 0.344 e. The molecule has 0 amide bonds. The van der Waals surface area contributed by atoms with Gasteiger partial charge in [0.1, 0.15) is 0 Å². The highest BCUT2D eigenvalue weighted by Gasteiger charge is 2.11. The lowest BCUT2D eigenvalue weighted by Crippen LogP contribution is -2.23. The zero-order valence-corrected chi connectivity index (χ0v) is 14.9. The average Bonchev–Trinajstić information content (AvgIpc) is 3.08. The van der Waals surface area contributed by atoms with Crippen LogP contribution in [-0.2, 0) is 19.6 Å². The molecule has 0 bridgehead atoms. The summed E-state index contributed by atoms with van der Waals surface area (Å²) in [6, 6.07) is 10.7. The molecular weight excluding hydrogens is 302 g/mol. The number of hydrogen-bond donors (Lipinski definition) is 0. The van der Waals surface area contributed by atoms with Crippen LogP contribution in [0.4, 0.5) is 0 Å². The van der Waals surface area contributed by atoms with Crippen LogP contribution in [0.25, 0.3) is 10.9 Å². The van der Waals surface area contributed by atoms with Crippen LogP contribution in [0.5, 0.6) is 0 Å². The van der Waals surface area contributed by atoms with E-state index in [2.05, 4.69) is 63.9 Å². The van der Waals surface area contributed by atoms with Gasteiger partial charge in [-0.2, -0.15) is 4.98 Å². The predicted octanol–water partition coefficient (Wildman–Crippen LogP) is 2.53. The van der Waals surface area contributed by atoms with Crippen LogP contribution in [0.3, 0.4) is 0 Å². The highest BCUT2D eigenvalue weighted by Crippen LogP contribution is 2.19. The van der Waals surface area contributed by atoms with Crippen molar-refractivity contribution >= 4 is 10.9 Å². The second-order valence-corrected chi connectivity index (χ2v) is 6.58. The van der Waals surface area contributed by atoms with Crippen LogP contribution in [0, 0.1) is 6.92 Å². The van der Waals surface area contributed by atoms with Crippen LogP contribution >= 0.6 is 0 Å². The summed E-state index contributed by atoms with van der Waals surface area (Å²) in [7, 11) is 6.06. The molecule has 0 aliphatic rings. The van der Waals surface area contributed by atoms with Gasteiger partial charge in [0.25, 0.3) is 0 Å². The molecule has 0 saturated heterocycles. The molecule has 0 unspecified atom stereocenters. The Labute approximate surface area is 142 Å². The molecule has 0 spiro atoms. The lowest BCUT2D eigenvalue weighted by atomic mass is 10.2. The smallest absolute Gasteiger partial charge is 0.240 e. The molecule has 0 atom stereocenters. The van der Waals surface area contributed by atoms with E-state index < -0.39 is 0 Å². The summed E-state index contributed by atoms with van der Waals surface area (Å²) in [4.78, 5) is 8.67. The predicted molar refractivity (Wildman–Crippen MR) is 94.7 cm³/mol. The average molecular weight is 327 g/mol. The van der Waals surface area contributed by atoms with Crippen LogP contribution in [-0.4, -0.2) is 52.2 Å². The van der Waals surface area contributed by atoms with Crippen molar-refractivity contribution in [1.29, 1.82) is 0 Å². The van der Waals surface area contributed by atoms with E-state index in [9.17, 15) is 0 Å². The molecule has 6 nitrogen and oxygen atoms in total. The Kier molecular flexibility index (Phi) is 4.97. The Hall–Kier alpha value is -2.18. The normalized spacial score (nSPS) is 11.9. The SMILES string of the molecule is Cc1cc2ccccc2n1CCN(C)Cc1nc(CN(C)C)no1. The van der Waals surface area contributed by atoms with Crippen molar-refractivity contribution in [2.45, 2.75) is 26.6 Å². The molecule has 3 rings (SSSR count). The number of hydrogen-bond acceptors (Lipinski definition) is 5. The second-order valence-electron chi connectivity index (χ2n) is 6.58. The molecule has 0 aliphatic carbocycles. The Balaban J connectivity index is 1.60. The topological polar surface area (TPSA) is 50.3 Å². The number of aryl methyl sites for hydroxylation is 1. The van der Waals surface area contributed by atoms with Gasteiger partial charge in [-0.3, -0.25) is 4.90 Å². The van der Waals surface area contributed by atoms with Crippen molar-refractivity contribution in [2.75, 3.05) is 27.7 Å². The van der Waals surface area contributed by atoms with E-state index in [4.69, 9.17) is 4.52 Å². The summed E-state index contributed by atoms with van der Waals surface area (Å²) in [6.45, 7) is 5.38. The first-order chi connectivity index (χ1) is 11.5. The summed E-state index contributed by atoms with van der Waals surface area (Å²) < 4.78 is 7.69.